The van der Waals surface area contributed by atoms with Crippen LogP contribution in [0.4, 0.5) is 5.82 Å². The molecule has 1 aromatic heterocycles. The highest BCUT2D eigenvalue weighted by molar-refractivity contribution is 14.1. The zero-order valence-corrected chi connectivity index (χ0v) is 12.9. The van der Waals surface area contributed by atoms with Gasteiger partial charge in [-0.1, -0.05) is 60.7 Å². The molecule has 0 aliphatic heterocycles. The summed E-state index contributed by atoms with van der Waals surface area (Å²) in [5.74, 6) is 0.698. The van der Waals surface area contributed by atoms with Crippen molar-refractivity contribution in [1.82, 2.24) is 9.78 Å². The first-order valence-electron chi connectivity index (χ1n) is 6.36. The van der Waals surface area contributed by atoms with Crippen molar-refractivity contribution in [3.63, 3.8) is 0 Å². The number of rotatable bonds is 3. The first-order chi connectivity index (χ1) is 9.77. The molecular formula is C16H14IN3. The van der Waals surface area contributed by atoms with Gasteiger partial charge in [-0.3, -0.25) is 0 Å². The monoisotopic (exact) mass is 375 g/mol. The topological polar surface area (TPSA) is 43.8 Å². The third-order valence-electron chi connectivity index (χ3n) is 3.26. The van der Waals surface area contributed by atoms with E-state index in [1.165, 1.54) is 11.1 Å². The van der Waals surface area contributed by atoms with Gasteiger partial charge in [0.2, 0.25) is 0 Å². The average Bonchev–Trinajstić information content (AvgIpc) is 2.82. The summed E-state index contributed by atoms with van der Waals surface area (Å²) in [6.07, 6.45) is 1.80. The molecule has 0 fully saturated rings. The van der Waals surface area contributed by atoms with Crippen molar-refractivity contribution in [3.05, 3.63) is 81.6 Å². The summed E-state index contributed by atoms with van der Waals surface area (Å²) in [5, 5.41) is 4.45. The fraction of sp³-hybridized carbons (Fsp3) is 0.0625. The third-order valence-corrected chi connectivity index (χ3v) is 4.09. The van der Waals surface area contributed by atoms with E-state index in [1.54, 1.807) is 6.20 Å². The highest BCUT2D eigenvalue weighted by atomic mass is 127. The fourth-order valence-electron chi connectivity index (χ4n) is 2.30. The van der Waals surface area contributed by atoms with Crippen molar-refractivity contribution >= 4 is 28.4 Å². The molecule has 3 rings (SSSR count). The van der Waals surface area contributed by atoms with Crippen LogP contribution in [0.3, 0.4) is 0 Å². The standard InChI is InChI=1S/C16H14IN3/c17-14-11-19-20(16(14)18)15(12-7-3-1-4-8-12)13-9-5-2-6-10-13/h1-11,15H,18H2. The largest absolute Gasteiger partial charge is 0.383 e. The minimum Gasteiger partial charge on any atom is -0.383 e. The Labute approximate surface area is 131 Å². The SMILES string of the molecule is Nc1c(I)cnn1C(c1ccccc1)c1ccccc1. The van der Waals surface area contributed by atoms with Crippen LogP contribution in [0.25, 0.3) is 0 Å². The molecule has 2 N–H and O–H groups in total. The number of benzene rings is 2. The Morgan fingerprint density at radius 2 is 1.40 bits per heavy atom. The predicted molar refractivity (Wildman–Crippen MR) is 89.5 cm³/mol. The van der Waals surface area contributed by atoms with Gasteiger partial charge < -0.3 is 5.73 Å². The summed E-state index contributed by atoms with van der Waals surface area (Å²) in [6.45, 7) is 0. The number of hydrogen-bond acceptors (Lipinski definition) is 2. The molecule has 0 saturated heterocycles. The molecule has 20 heavy (non-hydrogen) atoms. The van der Waals surface area contributed by atoms with Gasteiger partial charge in [0.1, 0.15) is 11.9 Å². The smallest absolute Gasteiger partial charge is 0.136 e. The van der Waals surface area contributed by atoms with Gasteiger partial charge in [0, 0.05) is 0 Å². The van der Waals surface area contributed by atoms with E-state index >= 15 is 0 Å². The van der Waals surface area contributed by atoms with Crippen LogP contribution in [0.15, 0.2) is 66.9 Å². The first-order valence-corrected chi connectivity index (χ1v) is 7.43. The van der Waals surface area contributed by atoms with Gasteiger partial charge in [0.25, 0.3) is 0 Å². The second-order valence-corrected chi connectivity index (χ2v) is 5.71. The number of halogens is 1. The van der Waals surface area contributed by atoms with Gasteiger partial charge in [0.05, 0.1) is 9.77 Å². The molecule has 0 radical (unpaired) electrons. The summed E-state index contributed by atoms with van der Waals surface area (Å²) in [5.41, 5.74) is 8.51. The molecule has 1 heterocycles. The Morgan fingerprint density at radius 3 is 1.80 bits per heavy atom. The van der Waals surface area contributed by atoms with Crippen molar-refractivity contribution in [1.29, 1.82) is 0 Å². The van der Waals surface area contributed by atoms with Gasteiger partial charge in [-0.2, -0.15) is 5.10 Å². The molecule has 0 bridgehead atoms. The Bertz CT molecular complexity index is 653. The molecule has 100 valence electrons. The van der Waals surface area contributed by atoms with Crippen molar-refractivity contribution in [2.45, 2.75) is 6.04 Å². The summed E-state index contributed by atoms with van der Waals surface area (Å²) < 4.78 is 2.85. The van der Waals surface area contributed by atoms with Crippen molar-refractivity contribution < 1.29 is 0 Å². The minimum absolute atomic E-state index is 0.000848. The van der Waals surface area contributed by atoms with E-state index in [-0.39, 0.29) is 6.04 Å². The van der Waals surface area contributed by atoms with Gasteiger partial charge in [-0.05, 0) is 33.7 Å². The van der Waals surface area contributed by atoms with Crippen molar-refractivity contribution in [3.8, 4) is 0 Å². The van der Waals surface area contributed by atoms with Crippen LogP contribution in [-0.2, 0) is 0 Å². The molecule has 0 aliphatic rings. The summed E-state index contributed by atoms with van der Waals surface area (Å²) in [7, 11) is 0. The zero-order chi connectivity index (χ0) is 13.9. The maximum Gasteiger partial charge on any atom is 0.136 e. The maximum atomic E-state index is 6.17. The number of aromatic nitrogens is 2. The number of nitrogens with two attached hydrogens (primary N) is 1. The van der Waals surface area contributed by atoms with E-state index in [1.807, 2.05) is 41.1 Å². The highest BCUT2D eigenvalue weighted by Crippen LogP contribution is 2.29. The van der Waals surface area contributed by atoms with E-state index in [0.29, 0.717) is 5.82 Å². The van der Waals surface area contributed by atoms with Crippen LogP contribution >= 0.6 is 22.6 Å². The molecule has 3 aromatic rings. The van der Waals surface area contributed by atoms with Crippen LogP contribution in [0.2, 0.25) is 0 Å². The minimum atomic E-state index is 0.000848. The molecule has 2 aromatic carbocycles. The molecular weight excluding hydrogens is 361 g/mol. The van der Waals surface area contributed by atoms with Gasteiger partial charge in [0.15, 0.2) is 0 Å². The zero-order valence-electron chi connectivity index (χ0n) is 10.8. The quantitative estimate of drug-likeness (QED) is 0.710. The number of anilines is 1. The van der Waals surface area contributed by atoms with Crippen molar-refractivity contribution in [2.75, 3.05) is 5.73 Å². The Hall–Kier alpha value is -1.82. The van der Waals surface area contributed by atoms with Crippen LogP contribution in [-0.4, -0.2) is 9.78 Å². The molecule has 0 saturated carbocycles. The van der Waals surface area contributed by atoms with E-state index in [2.05, 4.69) is 52.0 Å². The third kappa shape index (κ3) is 2.43. The van der Waals surface area contributed by atoms with Crippen LogP contribution in [0, 0.1) is 3.57 Å². The van der Waals surface area contributed by atoms with Gasteiger partial charge in [-0.25, -0.2) is 4.68 Å². The molecule has 0 atom stereocenters. The Morgan fingerprint density at radius 1 is 0.900 bits per heavy atom. The highest BCUT2D eigenvalue weighted by Gasteiger charge is 2.19. The fourth-order valence-corrected chi connectivity index (χ4v) is 2.67. The average molecular weight is 375 g/mol. The lowest BCUT2D eigenvalue weighted by Gasteiger charge is -2.20. The van der Waals surface area contributed by atoms with E-state index in [4.69, 9.17) is 5.73 Å². The number of nitrogens with zero attached hydrogens (tertiary/aromatic N) is 2. The van der Waals surface area contributed by atoms with E-state index in [9.17, 15) is 0 Å². The van der Waals surface area contributed by atoms with Gasteiger partial charge >= 0.3 is 0 Å². The van der Waals surface area contributed by atoms with E-state index in [0.717, 1.165) is 3.57 Å². The van der Waals surface area contributed by atoms with E-state index < -0.39 is 0 Å². The predicted octanol–water partition coefficient (Wildman–Crippen LogP) is 3.71. The Balaban J connectivity index is 2.17. The molecule has 0 unspecified atom stereocenters. The molecule has 4 heteroatoms. The normalized spacial score (nSPS) is 10.9. The lowest BCUT2D eigenvalue weighted by molar-refractivity contribution is 0.604. The van der Waals surface area contributed by atoms with Crippen molar-refractivity contribution in [2.24, 2.45) is 0 Å². The molecule has 3 nitrogen and oxygen atoms in total. The summed E-state index contributed by atoms with van der Waals surface area (Å²) >= 11 is 2.21. The molecule has 0 amide bonds. The number of hydrogen-bond donors (Lipinski definition) is 1. The molecule has 0 spiro atoms. The maximum absolute atomic E-state index is 6.17. The Kier molecular flexibility index (Phi) is 3.73. The van der Waals surface area contributed by atoms with Gasteiger partial charge in [-0.15, -0.1) is 0 Å². The summed E-state index contributed by atoms with van der Waals surface area (Å²) in [4.78, 5) is 0. The van der Waals surface area contributed by atoms with Crippen LogP contribution in [0.5, 0.6) is 0 Å². The lowest BCUT2D eigenvalue weighted by atomic mass is 9.99. The second kappa shape index (κ2) is 5.66. The number of nitrogen functional groups attached to an aromatic ring is 1. The summed E-state index contributed by atoms with van der Waals surface area (Å²) in [6, 6.07) is 20.6. The second-order valence-electron chi connectivity index (χ2n) is 4.55. The molecule has 0 aliphatic carbocycles. The lowest BCUT2D eigenvalue weighted by Crippen LogP contribution is -2.16. The van der Waals surface area contributed by atoms with Crippen LogP contribution in [0.1, 0.15) is 17.2 Å². The van der Waals surface area contributed by atoms with Crippen LogP contribution < -0.4 is 5.73 Å². The first kappa shape index (κ1) is 13.2.